The normalized spacial score (nSPS) is 19.6. The average molecular weight is 380 g/mol. The van der Waals surface area contributed by atoms with Gasteiger partial charge >= 0.3 is 0 Å². The zero-order chi connectivity index (χ0) is 19.7. The number of nitrogens with one attached hydrogen (secondary N) is 2. The minimum absolute atomic E-state index is 0.0326. The molecule has 1 amide bonds. The van der Waals surface area contributed by atoms with E-state index in [1.807, 2.05) is 12.1 Å². The maximum atomic E-state index is 11.9. The average Bonchev–Trinajstić information content (AvgIpc) is 3.12. The van der Waals surface area contributed by atoms with Gasteiger partial charge in [0, 0.05) is 29.6 Å². The van der Waals surface area contributed by atoms with E-state index in [0.29, 0.717) is 30.4 Å². The van der Waals surface area contributed by atoms with Crippen molar-refractivity contribution >= 4 is 22.6 Å². The topological polar surface area (TPSA) is 132 Å². The number of primary amides is 1. The number of aromatic nitrogens is 3. The number of carbonyl (C=O) groups excluding carboxylic acids is 1. The summed E-state index contributed by atoms with van der Waals surface area (Å²) in [6.45, 7) is 3.26. The summed E-state index contributed by atoms with van der Waals surface area (Å²) in [6.07, 6.45) is 3.25. The summed E-state index contributed by atoms with van der Waals surface area (Å²) in [5.41, 5.74) is 15.1. The molecule has 2 atom stereocenters. The number of rotatable bonds is 5. The molecule has 1 fully saturated rings. The zero-order valence-electron chi connectivity index (χ0n) is 15.7. The molecule has 0 spiro atoms. The number of anilines is 1. The highest BCUT2D eigenvalue weighted by molar-refractivity contribution is 5.98. The van der Waals surface area contributed by atoms with Crippen molar-refractivity contribution in [2.45, 2.75) is 31.8 Å². The number of aryl methyl sites for hydroxylation is 1. The first-order valence-corrected chi connectivity index (χ1v) is 9.44. The lowest BCUT2D eigenvalue weighted by Crippen LogP contribution is -2.47. The number of H-pyrrole nitrogens is 1. The third-order valence-corrected chi connectivity index (χ3v) is 5.09. The molecule has 1 aromatic carbocycles. The van der Waals surface area contributed by atoms with Crippen molar-refractivity contribution in [3.8, 4) is 11.4 Å². The number of amides is 1. The summed E-state index contributed by atoms with van der Waals surface area (Å²) in [5, 5.41) is 4.37. The number of hydrogen-bond donors (Lipinski definition) is 4. The molecule has 1 aliphatic rings. The number of carbonyl (C=O) groups is 1. The predicted molar refractivity (Wildman–Crippen MR) is 108 cm³/mol. The standard InChI is InChI=1S/C20H24N6O2/c1-2-11-3-4-14-12(7-11)8-16(24-14)18-19(20(22)27)23-9-17(26-18)25-15-5-6-28-10-13(15)21/h3-4,7-9,13,15,24H,2,5-6,10,21H2,1H3,(H2,22,27)(H,25,26). The van der Waals surface area contributed by atoms with Crippen LogP contribution in [0.1, 0.15) is 29.4 Å². The Morgan fingerprint density at radius 1 is 1.39 bits per heavy atom. The number of fused-ring (bicyclic) bond motifs is 1. The van der Waals surface area contributed by atoms with Gasteiger partial charge < -0.3 is 26.5 Å². The van der Waals surface area contributed by atoms with Gasteiger partial charge in [0.15, 0.2) is 5.69 Å². The monoisotopic (exact) mass is 380 g/mol. The maximum absolute atomic E-state index is 11.9. The van der Waals surface area contributed by atoms with Gasteiger partial charge in [0.05, 0.1) is 18.5 Å². The molecule has 4 rings (SSSR count). The number of aromatic amines is 1. The Hall–Kier alpha value is -2.97. The van der Waals surface area contributed by atoms with Crippen LogP contribution in [0.25, 0.3) is 22.3 Å². The number of ether oxygens (including phenoxy) is 1. The van der Waals surface area contributed by atoms with Crippen LogP contribution in [-0.4, -0.2) is 46.2 Å². The molecular weight excluding hydrogens is 356 g/mol. The van der Waals surface area contributed by atoms with E-state index in [0.717, 1.165) is 23.7 Å². The van der Waals surface area contributed by atoms with E-state index in [1.54, 1.807) is 0 Å². The number of hydrogen-bond acceptors (Lipinski definition) is 6. The van der Waals surface area contributed by atoms with Crippen molar-refractivity contribution in [2.24, 2.45) is 11.5 Å². The largest absolute Gasteiger partial charge is 0.380 e. The van der Waals surface area contributed by atoms with Crippen LogP contribution >= 0.6 is 0 Å². The van der Waals surface area contributed by atoms with Gasteiger partial charge in [-0.25, -0.2) is 9.97 Å². The quantitative estimate of drug-likeness (QED) is 0.534. The highest BCUT2D eigenvalue weighted by Crippen LogP contribution is 2.27. The van der Waals surface area contributed by atoms with Crippen molar-refractivity contribution in [1.29, 1.82) is 0 Å². The van der Waals surface area contributed by atoms with Crippen molar-refractivity contribution in [3.05, 3.63) is 41.7 Å². The van der Waals surface area contributed by atoms with Crippen molar-refractivity contribution in [2.75, 3.05) is 18.5 Å². The van der Waals surface area contributed by atoms with Crippen LogP contribution in [-0.2, 0) is 11.2 Å². The zero-order valence-corrected chi connectivity index (χ0v) is 15.7. The van der Waals surface area contributed by atoms with Crippen LogP contribution in [0.2, 0.25) is 0 Å². The van der Waals surface area contributed by atoms with Crippen molar-refractivity contribution < 1.29 is 9.53 Å². The molecule has 28 heavy (non-hydrogen) atoms. The fourth-order valence-electron chi connectivity index (χ4n) is 3.49. The van der Waals surface area contributed by atoms with E-state index in [9.17, 15) is 4.79 Å². The molecule has 3 heterocycles. The fraction of sp³-hybridized carbons (Fsp3) is 0.350. The van der Waals surface area contributed by atoms with Gasteiger partial charge in [0.2, 0.25) is 0 Å². The van der Waals surface area contributed by atoms with E-state index in [2.05, 4.69) is 39.3 Å². The van der Waals surface area contributed by atoms with Crippen LogP contribution < -0.4 is 16.8 Å². The SMILES string of the molecule is CCc1ccc2[nH]c(-c3nc(NC4CCOCC4N)cnc3C(N)=O)cc2c1. The molecule has 1 aliphatic heterocycles. The molecule has 146 valence electrons. The van der Waals surface area contributed by atoms with E-state index in [4.69, 9.17) is 16.2 Å². The second kappa shape index (κ2) is 7.57. The molecule has 2 unspecified atom stereocenters. The summed E-state index contributed by atoms with van der Waals surface area (Å²) in [6, 6.07) is 8.09. The summed E-state index contributed by atoms with van der Waals surface area (Å²) < 4.78 is 5.38. The lowest BCUT2D eigenvalue weighted by molar-refractivity contribution is 0.0752. The highest BCUT2D eigenvalue weighted by Gasteiger charge is 2.24. The van der Waals surface area contributed by atoms with Crippen LogP contribution in [0.3, 0.4) is 0 Å². The molecule has 8 nitrogen and oxygen atoms in total. The van der Waals surface area contributed by atoms with Gasteiger partial charge in [-0.1, -0.05) is 13.0 Å². The predicted octanol–water partition coefficient (Wildman–Crippen LogP) is 1.81. The summed E-state index contributed by atoms with van der Waals surface area (Å²) in [4.78, 5) is 24.1. The second-order valence-corrected chi connectivity index (χ2v) is 7.05. The van der Waals surface area contributed by atoms with Gasteiger partial charge in [-0.15, -0.1) is 0 Å². The first-order chi connectivity index (χ1) is 13.5. The summed E-state index contributed by atoms with van der Waals surface area (Å²) in [7, 11) is 0. The molecule has 0 saturated carbocycles. The second-order valence-electron chi connectivity index (χ2n) is 7.05. The van der Waals surface area contributed by atoms with Gasteiger partial charge in [-0.05, 0) is 36.6 Å². The van der Waals surface area contributed by atoms with Crippen LogP contribution in [0.15, 0.2) is 30.5 Å². The summed E-state index contributed by atoms with van der Waals surface area (Å²) in [5.74, 6) is -0.0695. The minimum Gasteiger partial charge on any atom is -0.380 e. The van der Waals surface area contributed by atoms with E-state index in [1.165, 1.54) is 11.8 Å². The first kappa shape index (κ1) is 18.4. The minimum atomic E-state index is -0.621. The van der Waals surface area contributed by atoms with Gasteiger partial charge in [0.1, 0.15) is 11.5 Å². The lowest BCUT2D eigenvalue weighted by atomic mass is 10.0. The highest BCUT2D eigenvalue weighted by atomic mass is 16.5. The maximum Gasteiger partial charge on any atom is 0.269 e. The fourth-order valence-corrected chi connectivity index (χ4v) is 3.49. The first-order valence-electron chi connectivity index (χ1n) is 9.44. The van der Waals surface area contributed by atoms with Crippen LogP contribution in [0, 0.1) is 0 Å². The third-order valence-electron chi connectivity index (χ3n) is 5.09. The molecule has 0 bridgehead atoms. The smallest absolute Gasteiger partial charge is 0.269 e. The Morgan fingerprint density at radius 3 is 3.00 bits per heavy atom. The van der Waals surface area contributed by atoms with Gasteiger partial charge in [-0.3, -0.25) is 4.79 Å². The molecule has 2 aromatic heterocycles. The molecule has 1 saturated heterocycles. The molecule has 3 aromatic rings. The van der Waals surface area contributed by atoms with Crippen molar-refractivity contribution in [3.63, 3.8) is 0 Å². The third kappa shape index (κ3) is 3.56. The Balaban J connectivity index is 1.72. The number of benzene rings is 1. The van der Waals surface area contributed by atoms with Gasteiger partial charge in [-0.2, -0.15) is 0 Å². The Labute approximate surface area is 162 Å². The molecular formula is C20H24N6O2. The van der Waals surface area contributed by atoms with E-state index >= 15 is 0 Å². The van der Waals surface area contributed by atoms with E-state index in [-0.39, 0.29) is 17.8 Å². The Morgan fingerprint density at radius 2 is 2.25 bits per heavy atom. The Kier molecular flexibility index (Phi) is 4.97. The lowest BCUT2D eigenvalue weighted by Gasteiger charge is -2.29. The molecule has 6 N–H and O–H groups in total. The van der Waals surface area contributed by atoms with Crippen LogP contribution in [0.5, 0.6) is 0 Å². The van der Waals surface area contributed by atoms with E-state index < -0.39 is 5.91 Å². The summed E-state index contributed by atoms with van der Waals surface area (Å²) >= 11 is 0. The molecule has 8 heteroatoms. The van der Waals surface area contributed by atoms with Crippen LogP contribution in [0.4, 0.5) is 5.82 Å². The molecule has 0 radical (unpaired) electrons. The molecule has 0 aliphatic carbocycles. The van der Waals surface area contributed by atoms with Gasteiger partial charge in [0.25, 0.3) is 5.91 Å². The number of nitrogens with two attached hydrogens (primary N) is 2. The Bertz CT molecular complexity index is 1020. The van der Waals surface area contributed by atoms with Crippen molar-refractivity contribution in [1.82, 2.24) is 15.0 Å². The number of nitrogens with zero attached hydrogens (tertiary/aromatic N) is 2.